The Kier molecular flexibility index (Phi) is 9.14. The van der Waals surface area contributed by atoms with Gasteiger partial charge in [-0.1, -0.05) is 29.3 Å². The Hall–Kier alpha value is -2.13. The molecule has 0 bridgehead atoms. The van der Waals surface area contributed by atoms with Gasteiger partial charge in [-0.25, -0.2) is 8.42 Å². The fourth-order valence-electron chi connectivity index (χ4n) is 2.98. The third-order valence-corrected chi connectivity index (χ3v) is 8.56. The first-order valence-corrected chi connectivity index (χ1v) is 14.2. The van der Waals surface area contributed by atoms with E-state index in [0.29, 0.717) is 23.0 Å². The van der Waals surface area contributed by atoms with Crippen LogP contribution in [0.3, 0.4) is 0 Å². The van der Waals surface area contributed by atoms with Crippen molar-refractivity contribution in [2.45, 2.75) is 21.6 Å². The quantitative estimate of drug-likeness (QED) is 0.283. The van der Waals surface area contributed by atoms with Crippen molar-refractivity contribution in [3.05, 3.63) is 83.4 Å². The number of benzene rings is 3. The number of nitrogens with zero attached hydrogens (tertiary/aromatic N) is 1. The first kappa shape index (κ1) is 25.5. The summed E-state index contributed by atoms with van der Waals surface area (Å²) in [6.45, 7) is 2.03. The van der Waals surface area contributed by atoms with Crippen LogP contribution in [0.1, 0.15) is 5.56 Å². The van der Waals surface area contributed by atoms with E-state index in [-0.39, 0.29) is 17.3 Å². The van der Waals surface area contributed by atoms with E-state index in [2.05, 4.69) is 5.32 Å². The van der Waals surface area contributed by atoms with Gasteiger partial charge in [-0.3, -0.25) is 9.10 Å². The number of nitrogens with one attached hydrogen (secondary N) is 1. The van der Waals surface area contributed by atoms with Crippen molar-refractivity contribution in [2.75, 3.05) is 29.4 Å². The lowest BCUT2D eigenvalue weighted by Gasteiger charge is -2.24. The molecule has 0 radical (unpaired) electrons. The summed E-state index contributed by atoms with van der Waals surface area (Å²) in [6, 6.07) is 21.2. The van der Waals surface area contributed by atoms with Gasteiger partial charge in [0.25, 0.3) is 10.0 Å². The van der Waals surface area contributed by atoms with Crippen molar-refractivity contribution in [2.24, 2.45) is 0 Å². The molecule has 0 aliphatic rings. The molecule has 1 amide bonds. The zero-order valence-corrected chi connectivity index (χ0v) is 21.5. The van der Waals surface area contributed by atoms with Crippen LogP contribution < -0.4 is 9.62 Å². The van der Waals surface area contributed by atoms with Gasteiger partial charge in [0, 0.05) is 27.1 Å². The molecule has 3 rings (SSSR count). The maximum absolute atomic E-state index is 13.4. The van der Waals surface area contributed by atoms with E-state index in [9.17, 15) is 13.2 Å². The lowest BCUT2D eigenvalue weighted by Crippen LogP contribution is -2.41. The van der Waals surface area contributed by atoms with Crippen LogP contribution >= 0.6 is 35.1 Å². The topological polar surface area (TPSA) is 66.5 Å². The number of thioether (sulfide) groups is 2. The summed E-state index contributed by atoms with van der Waals surface area (Å²) in [4.78, 5) is 14.8. The molecule has 0 aromatic heterocycles. The molecule has 0 saturated carbocycles. The minimum absolute atomic E-state index is 0.145. The summed E-state index contributed by atoms with van der Waals surface area (Å²) in [6.07, 6.45) is 1.93. The number of carbonyl (C=O) groups excluding carboxylic acids is 1. The average molecular weight is 521 g/mol. The van der Waals surface area contributed by atoms with Crippen LogP contribution in [-0.4, -0.2) is 39.4 Å². The summed E-state index contributed by atoms with van der Waals surface area (Å²) in [7, 11) is -3.92. The molecule has 3 aromatic carbocycles. The second kappa shape index (κ2) is 11.8. The standard InChI is InChI=1S/C24H25ClN2O3S3/c1-18-3-7-20(8-4-18)27(33(29,30)23-13-11-21(31-2)12-14-23)17-24(28)26-15-16-32-22-9-5-19(25)6-10-22/h3-14H,15-17H2,1-2H3,(H,26,28). The van der Waals surface area contributed by atoms with Crippen LogP contribution in [0.25, 0.3) is 0 Å². The second-order valence-electron chi connectivity index (χ2n) is 7.18. The number of halogens is 1. The van der Waals surface area contributed by atoms with Gasteiger partial charge in [-0.05, 0) is 73.8 Å². The molecule has 0 heterocycles. The molecule has 9 heteroatoms. The molecule has 0 aliphatic carbocycles. The molecule has 0 atom stereocenters. The van der Waals surface area contributed by atoms with Gasteiger partial charge in [-0.2, -0.15) is 0 Å². The van der Waals surface area contributed by atoms with Gasteiger partial charge in [0.1, 0.15) is 6.54 Å². The molecule has 0 fully saturated rings. The largest absolute Gasteiger partial charge is 0.354 e. The van der Waals surface area contributed by atoms with Crippen molar-refractivity contribution in [1.29, 1.82) is 0 Å². The molecule has 33 heavy (non-hydrogen) atoms. The van der Waals surface area contributed by atoms with Gasteiger partial charge >= 0.3 is 0 Å². The van der Waals surface area contributed by atoms with Crippen LogP contribution in [-0.2, 0) is 14.8 Å². The molecule has 0 aliphatic heterocycles. The predicted octanol–water partition coefficient (Wildman–Crippen LogP) is 5.47. The number of sulfonamides is 1. The number of amides is 1. The fraction of sp³-hybridized carbons (Fsp3) is 0.208. The van der Waals surface area contributed by atoms with Crippen LogP contribution in [0, 0.1) is 6.92 Å². The number of anilines is 1. The number of rotatable bonds is 10. The Morgan fingerprint density at radius 1 is 0.939 bits per heavy atom. The van der Waals surface area contributed by atoms with Crippen molar-refractivity contribution in [1.82, 2.24) is 5.32 Å². The molecule has 3 aromatic rings. The van der Waals surface area contributed by atoms with Gasteiger partial charge in [-0.15, -0.1) is 23.5 Å². The molecule has 0 saturated heterocycles. The first-order valence-electron chi connectivity index (χ1n) is 10.2. The number of aryl methyl sites for hydroxylation is 1. The third kappa shape index (κ3) is 7.17. The maximum Gasteiger partial charge on any atom is 0.264 e. The van der Waals surface area contributed by atoms with Crippen LogP contribution in [0.5, 0.6) is 0 Å². The van der Waals surface area contributed by atoms with Crippen LogP contribution in [0.4, 0.5) is 5.69 Å². The molecule has 174 valence electrons. The Bertz CT molecular complexity index is 1170. The lowest BCUT2D eigenvalue weighted by molar-refractivity contribution is -0.119. The van der Waals surface area contributed by atoms with Gasteiger partial charge in [0.05, 0.1) is 10.6 Å². The SMILES string of the molecule is CSc1ccc(S(=O)(=O)N(CC(=O)NCCSc2ccc(Cl)cc2)c2ccc(C)cc2)cc1. The van der Waals surface area contributed by atoms with Crippen molar-refractivity contribution >= 4 is 56.7 Å². The average Bonchev–Trinajstić information content (AvgIpc) is 2.82. The third-order valence-electron chi connectivity index (χ3n) is 4.76. The maximum atomic E-state index is 13.4. The van der Waals surface area contributed by atoms with E-state index in [1.807, 2.05) is 49.6 Å². The first-order chi connectivity index (χ1) is 15.8. The normalized spacial score (nSPS) is 11.2. The monoisotopic (exact) mass is 520 g/mol. The molecule has 0 unspecified atom stereocenters. The second-order valence-corrected chi connectivity index (χ2v) is 11.5. The highest BCUT2D eigenvalue weighted by molar-refractivity contribution is 7.99. The zero-order valence-electron chi connectivity index (χ0n) is 18.3. The lowest BCUT2D eigenvalue weighted by atomic mass is 10.2. The zero-order chi connectivity index (χ0) is 23.8. The molecular formula is C24H25ClN2O3S3. The Morgan fingerprint density at radius 3 is 2.15 bits per heavy atom. The van der Waals surface area contributed by atoms with Crippen molar-refractivity contribution < 1.29 is 13.2 Å². The van der Waals surface area contributed by atoms with Crippen LogP contribution in [0.2, 0.25) is 5.02 Å². The van der Waals surface area contributed by atoms with Gasteiger partial charge in [0.2, 0.25) is 5.91 Å². The van der Waals surface area contributed by atoms with E-state index < -0.39 is 10.0 Å². The van der Waals surface area contributed by atoms with E-state index in [1.165, 1.54) is 11.8 Å². The summed E-state index contributed by atoms with van der Waals surface area (Å²) in [5.74, 6) is 0.289. The highest BCUT2D eigenvalue weighted by Crippen LogP contribution is 2.26. The highest BCUT2D eigenvalue weighted by atomic mass is 35.5. The van der Waals surface area contributed by atoms with Crippen molar-refractivity contribution in [3.63, 3.8) is 0 Å². The molecule has 1 N–H and O–H groups in total. The summed E-state index contributed by atoms with van der Waals surface area (Å²) < 4.78 is 28.0. The Morgan fingerprint density at radius 2 is 1.55 bits per heavy atom. The number of carbonyl (C=O) groups is 1. The summed E-state index contributed by atoms with van der Waals surface area (Å²) in [5, 5.41) is 3.50. The molecule has 0 spiro atoms. The highest BCUT2D eigenvalue weighted by Gasteiger charge is 2.27. The minimum atomic E-state index is -3.92. The van der Waals surface area contributed by atoms with E-state index in [4.69, 9.17) is 11.6 Å². The van der Waals surface area contributed by atoms with E-state index >= 15 is 0 Å². The number of hydrogen-bond acceptors (Lipinski definition) is 5. The molecule has 5 nitrogen and oxygen atoms in total. The number of hydrogen-bond donors (Lipinski definition) is 1. The van der Waals surface area contributed by atoms with E-state index in [0.717, 1.165) is 19.7 Å². The van der Waals surface area contributed by atoms with Gasteiger partial charge < -0.3 is 5.32 Å². The summed E-state index contributed by atoms with van der Waals surface area (Å²) >= 11 is 9.02. The van der Waals surface area contributed by atoms with Crippen molar-refractivity contribution in [3.8, 4) is 0 Å². The Labute approximate surface area is 209 Å². The Balaban J connectivity index is 1.70. The molecular weight excluding hydrogens is 496 g/mol. The smallest absolute Gasteiger partial charge is 0.264 e. The van der Waals surface area contributed by atoms with Gasteiger partial charge in [0.15, 0.2) is 0 Å². The fourth-order valence-corrected chi connectivity index (χ4v) is 5.70. The van der Waals surface area contributed by atoms with Crippen LogP contribution in [0.15, 0.2) is 87.5 Å². The predicted molar refractivity (Wildman–Crippen MR) is 139 cm³/mol. The van der Waals surface area contributed by atoms with E-state index in [1.54, 1.807) is 48.2 Å². The minimum Gasteiger partial charge on any atom is -0.354 e. The summed E-state index contributed by atoms with van der Waals surface area (Å²) in [5.41, 5.74) is 1.45.